The molecule has 1 saturated carbocycles. The summed E-state index contributed by atoms with van der Waals surface area (Å²) in [5.74, 6) is 0. The molecule has 0 spiro atoms. The minimum atomic E-state index is -3.90. The van der Waals surface area contributed by atoms with Gasteiger partial charge in [-0.25, -0.2) is 16.8 Å². The Morgan fingerprint density at radius 3 is 2.19 bits per heavy atom. The number of nitrogens with one attached hydrogen (secondary N) is 1. The number of benzene rings is 1. The van der Waals surface area contributed by atoms with Crippen LogP contribution in [0.25, 0.3) is 0 Å². The van der Waals surface area contributed by atoms with Gasteiger partial charge >= 0.3 is 0 Å². The fourth-order valence-corrected chi connectivity index (χ4v) is 5.07. The normalized spacial score (nSPS) is 17.6. The van der Waals surface area contributed by atoms with E-state index in [-0.39, 0.29) is 15.6 Å². The number of anilines is 1. The van der Waals surface area contributed by atoms with Crippen LogP contribution in [0.2, 0.25) is 5.02 Å². The van der Waals surface area contributed by atoms with E-state index < -0.39 is 24.3 Å². The zero-order chi connectivity index (χ0) is 15.7. The van der Waals surface area contributed by atoms with Crippen LogP contribution in [0.5, 0.6) is 0 Å². The first-order valence-corrected chi connectivity index (χ1v) is 10.7. The molecule has 21 heavy (non-hydrogen) atoms. The van der Waals surface area contributed by atoms with Gasteiger partial charge in [-0.1, -0.05) is 30.9 Å². The van der Waals surface area contributed by atoms with Crippen molar-refractivity contribution < 1.29 is 16.8 Å². The second-order valence-electron chi connectivity index (χ2n) is 4.99. The lowest BCUT2D eigenvalue weighted by molar-refractivity contribution is 0.486. The molecule has 0 heterocycles. The van der Waals surface area contributed by atoms with E-state index in [0.29, 0.717) is 12.8 Å². The Morgan fingerprint density at radius 2 is 1.67 bits per heavy atom. The third kappa shape index (κ3) is 4.25. The van der Waals surface area contributed by atoms with Gasteiger partial charge < -0.3 is 0 Å². The van der Waals surface area contributed by atoms with Gasteiger partial charge in [-0.15, -0.1) is 0 Å². The molecule has 0 atom stereocenters. The van der Waals surface area contributed by atoms with Crippen LogP contribution in [0.3, 0.4) is 0 Å². The second kappa shape index (κ2) is 6.32. The molecule has 9 heteroatoms. The summed E-state index contributed by atoms with van der Waals surface area (Å²) in [6.45, 7) is 0. The fourth-order valence-electron chi connectivity index (χ4n) is 2.34. The van der Waals surface area contributed by atoms with Crippen LogP contribution in [0.4, 0.5) is 5.69 Å². The van der Waals surface area contributed by atoms with Gasteiger partial charge in [-0.2, -0.15) is 0 Å². The van der Waals surface area contributed by atoms with Gasteiger partial charge in [-0.05, 0) is 31.0 Å². The van der Waals surface area contributed by atoms with E-state index in [1.165, 1.54) is 12.1 Å². The molecular weight excluding hydrogens is 357 g/mol. The highest BCUT2D eigenvalue weighted by Gasteiger charge is 2.27. The molecule has 1 aliphatic rings. The monoisotopic (exact) mass is 371 g/mol. The van der Waals surface area contributed by atoms with Crippen LogP contribution in [-0.4, -0.2) is 22.1 Å². The molecule has 1 aliphatic carbocycles. The molecule has 0 radical (unpaired) electrons. The molecule has 1 N–H and O–H groups in total. The lowest BCUT2D eigenvalue weighted by Gasteiger charge is -2.22. The summed E-state index contributed by atoms with van der Waals surface area (Å²) in [5.41, 5.74) is 0.159. The van der Waals surface area contributed by atoms with Gasteiger partial charge in [0, 0.05) is 10.7 Å². The van der Waals surface area contributed by atoms with Crippen LogP contribution in [0, 0.1) is 0 Å². The van der Waals surface area contributed by atoms with Gasteiger partial charge in [0.25, 0.3) is 9.05 Å². The summed E-state index contributed by atoms with van der Waals surface area (Å²) in [5, 5.41) is -0.435. The summed E-state index contributed by atoms with van der Waals surface area (Å²) in [4.78, 5) is -0.171. The van der Waals surface area contributed by atoms with Crippen molar-refractivity contribution in [3.8, 4) is 0 Å². The van der Waals surface area contributed by atoms with Crippen molar-refractivity contribution in [3.05, 3.63) is 23.2 Å². The summed E-state index contributed by atoms with van der Waals surface area (Å²) < 4.78 is 49.4. The zero-order valence-electron chi connectivity index (χ0n) is 11.1. The Balaban J connectivity index is 2.23. The molecule has 1 aromatic carbocycles. The van der Waals surface area contributed by atoms with Crippen LogP contribution in [0.1, 0.15) is 32.1 Å². The Kier molecular flexibility index (Phi) is 5.07. The summed E-state index contributed by atoms with van der Waals surface area (Å²) in [7, 11) is -2.21. The highest BCUT2D eigenvalue weighted by atomic mass is 35.7. The zero-order valence-corrected chi connectivity index (χ0v) is 14.2. The van der Waals surface area contributed by atoms with Gasteiger partial charge in [0.15, 0.2) is 0 Å². The van der Waals surface area contributed by atoms with Crippen molar-refractivity contribution in [2.45, 2.75) is 42.2 Å². The molecule has 118 valence electrons. The standard InChI is InChI=1S/C12H15Cl2NO4S2/c13-11-8-10(20(14,16)17)6-7-12(11)15-21(18,19)9-4-2-1-3-5-9/h6-9,15H,1-5H2. The molecular formula is C12H15Cl2NO4S2. The quantitative estimate of drug-likeness (QED) is 0.822. The Morgan fingerprint density at radius 1 is 1.05 bits per heavy atom. The first-order chi connectivity index (χ1) is 9.70. The van der Waals surface area contributed by atoms with Crippen molar-refractivity contribution in [1.29, 1.82) is 0 Å². The predicted octanol–water partition coefficient (Wildman–Crippen LogP) is 3.34. The maximum atomic E-state index is 12.3. The molecule has 0 saturated heterocycles. The molecule has 0 aromatic heterocycles. The smallest absolute Gasteiger partial charge is 0.261 e. The average Bonchev–Trinajstić information content (AvgIpc) is 2.41. The van der Waals surface area contributed by atoms with Crippen molar-refractivity contribution in [1.82, 2.24) is 0 Å². The van der Waals surface area contributed by atoms with E-state index in [2.05, 4.69) is 4.72 Å². The summed E-state index contributed by atoms with van der Waals surface area (Å²) >= 11 is 5.93. The molecule has 2 rings (SSSR count). The SMILES string of the molecule is O=S(=O)(Cl)c1ccc(NS(=O)(=O)C2CCCCC2)c(Cl)c1. The minimum Gasteiger partial charge on any atom is -0.282 e. The number of rotatable bonds is 4. The maximum Gasteiger partial charge on any atom is 0.261 e. The topological polar surface area (TPSA) is 80.3 Å². The summed E-state index contributed by atoms with van der Waals surface area (Å²) in [6, 6.07) is 3.65. The van der Waals surface area contributed by atoms with E-state index in [1.807, 2.05) is 0 Å². The molecule has 1 fully saturated rings. The second-order valence-corrected chi connectivity index (χ2v) is 9.92. The first-order valence-electron chi connectivity index (χ1n) is 6.46. The number of halogens is 2. The van der Waals surface area contributed by atoms with Crippen molar-refractivity contribution in [3.63, 3.8) is 0 Å². The van der Waals surface area contributed by atoms with Crippen LogP contribution >= 0.6 is 22.3 Å². The van der Waals surface area contributed by atoms with Crippen LogP contribution < -0.4 is 4.72 Å². The highest BCUT2D eigenvalue weighted by Crippen LogP contribution is 2.30. The van der Waals surface area contributed by atoms with E-state index in [0.717, 1.165) is 25.3 Å². The minimum absolute atomic E-state index is 0.00360. The lowest BCUT2D eigenvalue weighted by Crippen LogP contribution is -2.29. The molecule has 1 aromatic rings. The Bertz CT molecular complexity index is 726. The number of sulfonamides is 1. The van der Waals surface area contributed by atoms with Crippen LogP contribution in [-0.2, 0) is 19.1 Å². The van der Waals surface area contributed by atoms with E-state index in [4.69, 9.17) is 22.3 Å². The van der Waals surface area contributed by atoms with Gasteiger partial charge in [0.05, 0.1) is 20.9 Å². The van der Waals surface area contributed by atoms with Crippen molar-refractivity contribution >= 4 is 47.0 Å². The van der Waals surface area contributed by atoms with E-state index in [1.54, 1.807) is 0 Å². The molecule has 0 bridgehead atoms. The highest BCUT2D eigenvalue weighted by molar-refractivity contribution is 8.13. The molecule has 0 unspecified atom stereocenters. The summed E-state index contributed by atoms with van der Waals surface area (Å²) in [6.07, 6.45) is 4.09. The molecule has 5 nitrogen and oxygen atoms in total. The Labute approximate surface area is 134 Å². The molecule has 0 aliphatic heterocycles. The molecule has 0 amide bonds. The van der Waals surface area contributed by atoms with Crippen molar-refractivity contribution in [2.24, 2.45) is 0 Å². The fraction of sp³-hybridized carbons (Fsp3) is 0.500. The van der Waals surface area contributed by atoms with Gasteiger partial charge in [0.2, 0.25) is 10.0 Å². The first kappa shape index (κ1) is 16.9. The van der Waals surface area contributed by atoms with E-state index in [9.17, 15) is 16.8 Å². The van der Waals surface area contributed by atoms with Crippen LogP contribution in [0.15, 0.2) is 23.1 Å². The average molecular weight is 372 g/mol. The van der Waals surface area contributed by atoms with Crippen molar-refractivity contribution in [2.75, 3.05) is 4.72 Å². The Hall–Kier alpha value is -0.500. The number of hydrogen-bond donors (Lipinski definition) is 1. The maximum absolute atomic E-state index is 12.3. The lowest BCUT2D eigenvalue weighted by atomic mass is 10.0. The van der Waals surface area contributed by atoms with Gasteiger partial charge in [0.1, 0.15) is 0 Å². The largest absolute Gasteiger partial charge is 0.282 e. The van der Waals surface area contributed by atoms with E-state index >= 15 is 0 Å². The predicted molar refractivity (Wildman–Crippen MR) is 83.9 cm³/mol. The van der Waals surface area contributed by atoms with Gasteiger partial charge in [-0.3, -0.25) is 4.72 Å². The third-order valence-electron chi connectivity index (χ3n) is 3.47. The third-order valence-corrected chi connectivity index (χ3v) is 6.98. The number of hydrogen-bond acceptors (Lipinski definition) is 4.